The van der Waals surface area contributed by atoms with Crippen molar-refractivity contribution in [3.05, 3.63) is 78.1 Å². The van der Waals surface area contributed by atoms with Gasteiger partial charge >= 0.3 is 0 Å². The van der Waals surface area contributed by atoms with E-state index in [1.54, 1.807) is 43.4 Å². The maximum atomic E-state index is 13.1. The number of aryl methyl sites for hydroxylation is 1. The monoisotopic (exact) mass is 402 g/mol. The van der Waals surface area contributed by atoms with Gasteiger partial charge in [0, 0.05) is 7.05 Å². The molecule has 0 saturated heterocycles. The Morgan fingerprint density at radius 2 is 1.50 bits per heavy atom. The molecule has 0 bridgehead atoms. The lowest BCUT2D eigenvalue weighted by atomic mass is 10.2. The van der Waals surface area contributed by atoms with Crippen LogP contribution in [0.25, 0.3) is 0 Å². The molecule has 2 aromatic heterocycles. The molecule has 3 rings (SSSR count). The van der Waals surface area contributed by atoms with Crippen LogP contribution in [0.5, 0.6) is 0 Å². The van der Waals surface area contributed by atoms with Crippen LogP contribution in [0.3, 0.4) is 0 Å². The lowest BCUT2D eigenvalue weighted by molar-refractivity contribution is -0.130. The average Bonchev–Trinajstić information content (AvgIpc) is 3.35. The molecule has 148 valence electrons. The highest BCUT2D eigenvalue weighted by Crippen LogP contribution is 2.20. The number of furan rings is 2. The van der Waals surface area contributed by atoms with Crippen molar-refractivity contribution in [3.8, 4) is 0 Å². The van der Waals surface area contributed by atoms with Gasteiger partial charge in [-0.3, -0.25) is 4.79 Å². The van der Waals surface area contributed by atoms with Gasteiger partial charge < -0.3 is 13.7 Å². The minimum atomic E-state index is -3.88. The number of likely N-dealkylation sites (N-methyl/N-ethyl adjacent to an activating group) is 1. The Kier molecular flexibility index (Phi) is 6.01. The lowest BCUT2D eigenvalue weighted by Crippen LogP contribution is -2.40. The van der Waals surface area contributed by atoms with Crippen molar-refractivity contribution in [1.82, 2.24) is 9.21 Å². The molecule has 0 aliphatic carbocycles. The van der Waals surface area contributed by atoms with Crippen LogP contribution in [0.4, 0.5) is 0 Å². The molecule has 8 heteroatoms. The molecule has 28 heavy (non-hydrogen) atoms. The summed E-state index contributed by atoms with van der Waals surface area (Å²) in [6, 6.07) is 13.4. The van der Waals surface area contributed by atoms with E-state index in [0.29, 0.717) is 11.5 Å². The highest BCUT2D eigenvalue weighted by atomic mass is 32.2. The van der Waals surface area contributed by atoms with Crippen LogP contribution >= 0.6 is 0 Å². The highest BCUT2D eigenvalue weighted by Gasteiger charge is 2.29. The fourth-order valence-electron chi connectivity index (χ4n) is 2.66. The molecule has 0 radical (unpaired) electrons. The Morgan fingerprint density at radius 1 is 0.929 bits per heavy atom. The molecule has 0 N–H and O–H groups in total. The largest absolute Gasteiger partial charge is 0.468 e. The summed E-state index contributed by atoms with van der Waals surface area (Å²) in [7, 11) is -2.28. The zero-order valence-corrected chi connectivity index (χ0v) is 16.6. The average molecular weight is 402 g/mol. The van der Waals surface area contributed by atoms with E-state index in [1.165, 1.54) is 29.6 Å². The molecular formula is C20H22N2O5S. The van der Waals surface area contributed by atoms with Crippen LogP contribution in [0.2, 0.25) is 0 Å². The molecule has 0 saturated carbocycles. The second-order valence-electron chi connectivity index (χ2n) is 6.49. The third-order valence-electron chi connectivity index (χ3n) is 4.28. The molecule has 7 nitrogen and oxygen atoms in total. The Labute approximate surface area is 164 Å². The summed E-state index contributed by atoms with van der Waals surface area (Å²) in [5.41, 5.74) is 0.950. The summed E-state index contributed by atoms with van der Waals surface area (Å²) < 4.78 is 37.9. The summed E-state index contributed by atoms with van der Waals surface area (Å²) in [4.78, 5) is 14.2. The second-order valence-corrected chi connectivity index (χ2v) is 8.43. The zero-order valence-electron chi connectivity index (χ0n) is 15.7. The summed E-state index contributed by atoms with van der Waals surface area (Å²) in [5, 5.41) is 0. The molecular weight excluding hydrogens is 380 g/mol. The van der Waals surface area contributed by atoms with Gasteiger partial charge in [0.15, 0.2) is 0 Å². The predicted molar refractivity (Wildman–Crippen MR) is 103 cm³/mol. The number of amides is 1. The van der Waals surface area contributed by atoms with Crippen molar-refractivity contribution in [3.63, 3.8) is 0 Å². The molecule has 0 spiro atoms. The van der Waals surface area contributed by atoms with Crippen molar-refractivity contribution in [2.45, 2.75) is 24.9 Å². The van der Waals surface area contributed by atoms with Crippen LogP contribution < -0.4 is 0 Å². The van der Waals surface area contributed by atoms with Crippen molar-refractivity contribution in [2.75, 3.05) is 13.6 Å². The van der Waals surface area contributed by atoms with E-state index in [1.807, 2.05) is 6.92 Å². The summed E-state index contributed by atoms with van der Waals surface area (Å²) in [6.45, 7) is 1.78. The van der Waals surface area contributed by atoms with E-state index in [4.69, 9.17) is 8.83 Å². The Hall–Kier alpha value is -2.84. The molecule has 1 amide bonds. The smallest absolute Gasteiger partial charge is 0.243 e. The number of sulfonamides is 1. The van der Waals surface area contributed by atoms with Gasteiger partial charge in [-0.2, -0.15) is 4.31 Å². The zero-order chi connectivity index (χ0) is 20.1. The third-order valence-corrected chi connectivity index (χ3v) is 6.09. The molecule has 0 aliphatic rings. The highest BCUT2D eigenvalue weighted by molar-refractivity contribution is 7.89. The standard InChI is InChI=1S/C20H22N2O5S/c1-16-7-9-19(10-8-16)28(24,25)22(14-18-6-4-12-27-18)15-20(23)21(2)13-17-5-3-11-26-17/h3-12H,13-15H2,1-2H3. The Bertz CT molecular complexity index is 994. The molecule has 2 heterocycles. The van der Waals surface area contributed by atoms with Gasteiger partial charge in [0.1, 0.15) is 11.5 Å². The first-order valence-corrected chi connectivity index (χ1v) is 10.2. The first-order valence-electron chi connectivity index (χ1n) is 8.72. The van der Waals surface area contributed by atoms with Crippen molar-refractivity contribution < 1.29 is 22.0 Å². The molecule has 3 aromatic rings. The van der Waals surface area contributed by atoms with Crippen LogP contribution in [0, 0.1) is 6.92 Å². The van der Waals surface area contributed by atoms with E-state index < -0.39 is 10.0 Å². The lowest BCUT2D eigenvalue weighted by Gasteiger charge is -2.24. The Morgan fingerprint density at radius 3 is 2.04 bits per heavy atom. The topological polar surface area (TPSA) is 84.0 Å². The van der Waals surface area contributed by atoms with Crippen LogP contribution in [-0.4, -0.2) is 37.1 Å². The minimum absolute atomic E-state index is 0.0382. The quantitative estimate of drug-likeness (QED) is 0.578. The van der Waals surface area contributed by atoms with E-state index in [9.17, 15) is 13.2 Å². The SMILES string of the molecule is Cc1ccc(S(=O)(=O)N(CC(=O)N(C)Cc2ccco2)Cc2ccco2)cc1. The van der Waals surface area contributed by atoms with Crippen LogP contribution in [0.15, 0.2) is 74.8 Å². The van der Waals surface area contributed by atoms with Gasteiger partial charge in [-0.1, -0.05) is 17.7 Å². The number of hydrogen-bond acceptors (Lipinski definition) is 5. The Balaban J connectivity index is 1.82. The van der Waals surface area contributed by atoms with Gasteiger partial charge in [-0.15, -0.1) is 0 Å². The van der Waals surface area contributed by atoms with E-state index in [-0.39, 0.29) is 30.4 Å². The maximum absolute atomic E-state index is 13.1. The summed E-state index contributed by atoms with van der Waals surface area (Å²) >= 11 is 0. The second kappa shape index (κ2) is 8.45. The molecule has 0 aliphatic heterocycles. The number of hydrogen-bond donors (Lipinski definition) is 0. The van der Waals surface area contributed by atoms with Crippen molar-refractivity contribution in [2.24, 2.45) is 0 Å². The normalized spacial score (nSPS) is 11.7. The maximum Gasteiger partial charge on any atom is 0.243 e. The number of benzene rings is 1. The number of carbonyl (C=O) groups excluding carboxylic acids is 1. The molecule has 0 fully saturated rings. The first kappa shape index (κ1) is 19.9. The van der Waals surface area contributed by atoms with Crippen molar-refractivity contribution in [1.29, 1.82) is 0 Å². The summed E-state index contributed by atoms with van der Waals surface area (Å²) in [6.07, 6.45) is 3.00. The van der Waals surface area contributed by atoms with Gasteiger partial charge in [0.05, 0.1) is 37.1 Å². The molecule has 0 unspecified atom stereocenters. The number of nitrogens with zero attached hydrogens (tertiary/aromatic N) is 2. The third kappa shape index (κ3) is 4.71. The predicted octanol–water partition coefficient (Wildman–Crippen LogP) is 3.03. The van der Waals surface area contributed by atoms with Gasteiger partial charge in [-0.05, 0) is 43.3 Å². The van der Waals surface area contributed by atoms with Gasteiger partial charge in [0.2, 0.25) is 15.9 Å². The van der Waals surface area contributed by atoms with Crippen LogP contribution in [-0.2, 0) is 27.9 Å². The molecule has 1 aromatic carbocycles. The number of carbonyl (C=O) groups is 1. The fraction of sp³-hybridized carbons (Fsp3) is 0.250. The fourth-order valence-corrected chi connectivity index (χ4v) is 4.01. The molecule has 0 atom stereocenters. The first-order chi connectivity index (χ1) is 13.4. The van der Waals surface area contributed by atoms with E-state index in [2.05, 4.69) is 0 Å². The minimum Gasteiger partial charge on any atom is -0.468 e. The summed E-state index contributed by atoms with van der Waals surface area (Å²) in [5.74, 6) is 0.727. The van der Waals surface area contributed by atoms with Crippen molar-refractivity contribution >= 4 is 15.9 Å². The van der Waals surface area contributed by atoms with Gasteiger partial charge in [0.25, 0.3) is 0 Å². The van der Waals surface area contributed by atoms with Gasteiger partial charge in [-0.25, -0.2) is 8.42 Å². The van der Waals surface area contributed by atoms with Crippen LogP contribution in [0.1, 0.15) is 17.1 Å². The van der Waals surface area contributed by atoms with E-state index in [0.717, 1.165) is 9.87 Å². The van der Waals surface area contributed by atoms with E-state index >= 15 is 0 Å². The number of rotatable bonds is 8.